The second-order valence-corrected chi connectivity index (χ2v) is 6.60. The maximum absolute atomic E-state index is 12.3. The van der Waals surface area contributed by atoms with Gasteiger partial charge in [-0.1, -0.05) is 12.2 Å². The number of nitrogens with one attached hydrogen (secondary N) is 1. The number of amides is 1. The predicted molar refractivity (Wildman–Crippen MR) is 76.6 cm³/mol. The Morgan fingerprint density at radius 1 is 1.56 bits per heavy atom. The number of nitrogens with two attached hydrogens (primary N) is 1. The molecule has 1 atom stereocenters. The Hall–Kier alpha value is -0.940. The first-order chi connectivity index (χ1) is 8.63. The van der Waals surface area contributed by atoms with Gasteiger partial charge in [0.05, 0.1) is 16.4 Å². The first-order valence-electron chi connectivity index (χ1n) is 6.31. The Morgan fingerprint density at radius 2 is 2.33 bits per heavy atom. The summed E-state index contributed by atoms with van der Waals surface area (Å²) in [5, 5.41) is 5.25. The van der Waals surface area contributed by atoms with Gasteiger partial charge in [0.15, 0.2) is 0 Å². The van der Waals surface area contributed by atoms with Crippen LogP contribution in [0.2, 0.25) is 0 Å². The number of hydrogen-bond donors (Lipinski definition) is 2. The van der Waals surface area contributed by atoms with E-state index < -0.39 is 5.41 Å². The molecule has 18 heavy (non-hydrogen) atoms. The van der Waals surface area contributed by atoms with Crippen molar-refractivity contribution in [2.45, 2.75) is 38.1 Å². The molecule has 2 aliphatic carbocycles. The number of carbonyl (C=O) groups is 1. The predicted octanol–water partition coefficient (Wildman–Crippen LogP) is 2.31. The SMILES string of the molecule is NC(=S)C1(C(=O)NC2CCCc3sccc32)CC1. The summed E-state index contributed by atoms with van der Waals surface area (Å²) in [7, 11) is 0. The van der Waals surface area contributed by atoms with Crippen LogP contribution in [-0.4, -0.2) is 10.9 Å². The molecule has 0 aromatic carbocycles. The lowest BCUT2D eigenvalue weighted by molar-refractivity contribution is -0.124. The fourth-order valence-electron chi connectivity index (χ4n) is 2.64. The first-order valence-corrected chi connectivity index (χ1v) is 7.59. The number of thiocarbonyl (C=S) groups is 1. The molecule has 1 heterocycles. The largest absolute Gasteiger partial charge is 0.392 e. The van der Waals surface area contributed by atoms with Crippen LogP contribution < -0.4 is 11.1 Å². The molecule has 1 unspecified atom stereocenters. The minimum absolute atomic E-state index is 0.0269. The van der Waals surface area contributed by atoms with Crippen molar-refractivity contribution >= 4 is 34.5 Å². The van der Waals surface area contributed by atoms with Crippen molar-refractivity contribution in [3.63, 3.8) is 0 Å². The molecule has 0 aliphatic heterocycles. The van der Waals surface area contributed by atoms with E-state index in [1.807, 2.05) is 0 Å². The number of carbonyl (C=O) groups excluding carboxylic acids is 1. The summed E-state index contributed by atoms with van der Waals surface area (Å²) in [6.45, 7) is 0. The maximum atomic E-state index is 12.3. The highest BCUT2D eigenvalue weighted by molar-refractivity contribution is 7.80. The molecule has 1 amide bonds. The van der Waals surface area contributed by atoms with Crippen molar-refractivity contribution < 1.29 is 4.79 Å². The third kappa shape index (κ3) is 1.86. The van der Waals surface area contributed by atoms with E-state index in [0.29, 0.717) is 4.99 Å². The molecule has 0 radical (unpaired) electrons. The smallest absolute Gasteiger partial charge is 0.233 e. The van der Waals surface area contributed by atoms with Crippen LogP contribution >= 0.6 is 23.6 Å². The van der Waals surface area contributed by atoms with E-state index in [-0.39, 0.29) is 11.9 Å². The number of hydrogen-bond acceptors (Lipinski definition) is 3. The lowest BCUT2D eigenvalue weighted by Gasteiger charge is -2.25. The van der Waals surface area contributed by atoms with Crippen LogP contribution in [0.3, 0.4) is 0 Å². The zero-order chi connectivity index (χ0) is 12.8. The van der Waals surface area contributed by atoms with Gasteiger partial charge >= 0.3 is 0 Å². The van der Waals surface area contributed by atoms with Gasteiger partial charge in [-0.05, 0) is 49.1 Å². The van der Waals surface area contributed by atoms with E-state index in [1.54, 1.807) is 11.3 Å². The van der Waals surface area contributed by atoms with Crippen LogP contribution in [0.4, 0.5) is 0 Å². The maximum Gasteiger partial charge on any atom is 0.233 e. The van der Waals surface area contributed by atoms with Crippen molar-refractivity contribution in [1.29, 1.82) is 0 Å². The zero-order valence-electron chi connectivity index (χ0n) is 10.1. The molecule has 0 saturated heterocycles. The highest BCUT2D eigenvalue weighted by Gasteiger charge is 2.53. The van der Waals surface area contributed by atoms with Gasteiger partial charge in [-0.3, -0.25) is 4.79 Å². The summed E-state index contributed by atoms with van der Waals surface area (Å²) in [4.78, 5) is 14.1. The molecule has 0 bridgehead atoms. The van der Waals surface area contributed by atoms with Gasteiger partial charge in [-0.2, -0.15) is 0 Å². The highest BCUT2D eigenvalue weighted by Crippen LogP contribution is 2.47. The van der Waals surface area contributed by atoms with Crippen molar-refractivity contribution in [3.05, 3.63) is 21.9 Å². The van der Waals surface area contributed by atoms with Crippen molar-refractivity contribution in [3.8, 4) is 0 Å². The topological polar surface area (TPSA) is 55.1 Å². The summed E-state index contributed by atoms with van der Waals surface area (Å²) < 4.78 is 0. The van der Waals surface area contributed by atoms with Crippen molar-refractivity contribution in [2.24, 2.45) is 11.1 Å². The molecule has 3 nitrogen and oxygen atoms in total. The van der Waals surface area contributed by atoms with Crippen molar-refractivity contribution in [2.75, 3.05) is 0 Å². The lowest BCUT2D eigenvalue weighted by Crippen LogP contribution is -2.41. The van der Waals surface area contributed by atoms with Crippen LogP contribution in [0.5, 0.6) is 0 Å². The van der Waals surface area contributed by atoms with E-state index in [2.05, 4.69) is 16.8 Å². The summed E-state index contributed by atoms with van der Waals surface area (Å²) in [6.07, 6.45) is 4.90. The molecule has 1 aromatic rings. The minimum Gasteiger partial charge on any atom is -0.392 e. The van der Waals surface area contributed by atoms with Crippen LogP contribution in [0, 0.1) is 5.41 Å². The zero-order valence-corrected chi connectivity index (χ0v) is 11.7. The van der Waals surface area contributed by atoms with E-state index in [1.165, 1.54) is 10.4 Å². The molecule has 1 saturated carbocycles. The summed E-state index contributed by atoms with van der Waals surface area (Å²) in [6, 6.07) is 2.28. The Kier molecular flexibility index (Phi) is 2.90. The van der Waals surface area contributed by atoms with Gasteiger partial charge in [-0.15, -0.1) is 11.3 Å². The second-order valence-electron chi connectivity index (χ2n) is 5.16. The van der Waals surface area contributed by atoms with Gasteiger partial charge in [0.25, 0.3) is 0 Å². The normalized spacial score (nSPS) is 24.1. The van der Waals surface area contributed by atoms with Gasteiger partial charge in [0, 0.05) is 4.88 Å². The van der Waals surface area contributed by atoms with Gasteiger partial charge in [0.2, 0.25) is 5.91 Å². The Morgan fingerprint density at radius 3 is 3.00 bits per heavy atom. The van der Waals surface area contributed by atoms with Crippen LogP contribution in [0.15, 0.2) is 11.4 Å². The molecule has 96 valence electrons. The van der Waals surface area contributed by atoms with E-state index in [9.17, 15) is 4.79 Å². The first kappa shape index (κ1) is 12.1. The quantitative estimate of drug-likeness (QED) is 0.835. The standard InChI is InChI=1S/C13H16N2OS2/c14-11(17)13(5-6-13)12(16)15-9-2-1-3-10-8(9)4-7-18-10/h4,7,9H,1-3,5-6H2,(H2,14,17)(H,15,16). The Balaban J connectivity index is 1.76. The van der Waals surface area contributed by atoms with Gasteiger partial charge in [0.1, 0.15) is 0 Å². The van der Waals surface area contributed by atoms with Crippen LogP contribution in [-0.2, 0) is 11.2 Å². The fraction of sp³-hybridized carbons (Fsp3) is 0.538. The second kappa shape index (κ2) is 4.31. The Labute approximate surface area is 116 Å². The third-order valence-corrected chi connectivity index (χ3v) is 5.40. The van der Waals surface area contributed by atoms with Crippen molar-refractivity contribution in [1.82, 2.24) is 5.32 Å². The average molecular weight is 280 g/mol. The molecule has 5 heteroatoms. The van der Waals surface area contributed by atoms with E-state index in [0.717, 1.165) is 32.1 Å². The summed E-state index contributed by atoms with van der Waals surface area (Å²) in [5.74, 6) is 0.0269. The molecule has 3 N–H and O–H groups in total. The third-order valence-electron chi connectivity index (χ3n) is 4.01. The summed E-state index contributed by atoms with van der Waals surface area (Å²) in [5.41, 5.74) is 6.44. The minimum atomic E-state index is -0.539. The van der Waals surface area contributed by atoms with Gasteiger partial charge in [-0.25, -0.2) is 0 Å². The lowest BCUT2D eigenvalue weighted by atomic mass is 9.93. The molecule has 2 aliphatic rings. The molecular weight excluding hydrogens is 264 g/mol. The molecule has 3 rings (SSSR count). The van der Waals surface area contributed by atoms with Crippen LogP contribution in [0.25, 0.3) is 0 Å². The Bertz CT molecular complexity index is 505. The number of aryl methyl sites for hydroxylation is 1. The monoisotopic (exact) mass is 280 g/mol. The highest BCUT2D eigenvalue weighted by atomic mass is 32.1. The van der Waals surface area contributed by atoms with E-state index >= 15 is 0 Å². The molecule has 1 fully saturated rings. The number of fused-ring (bicyclic) bond motifs is 1. The molecule has 1 aromatic heterocycles. The number of rotatable bonds is 3. The average Bonchev–Trinajstić information content (AvgIpc) is 3.02. The summed E-state index contributed by atoms with van der Waals surface area (Å²) >= 11 is 6.80. The fourth-order valence-corrected chi connectivity index (χ4v) is 3.93. The van der Waals surface area contributed by atoms with Gasteiger partial charge < -0.3 is 11.1 Å². The molecular formula is C13H16N2OS2. The number of thiophene rings is 1. The molecule has 0 spiro atoms. The van der Waals surface area contributed by atoms with Crippen LogP contribution in [0.1, 0.15) is 42.2 Å². The van der Waals surface area contributed by atoms with E-state index in [4.69, 9.17) is 18.0 Å².